The molecule has 1 aliphatic carbocycles. The first-order chi connectivity index (χ1) is 7.05. The summed E-state index contributed by atoms with van der Waals surface area (Å²) in [5, 5.41) is 0. The highest BCUT2D eigenvalue weighted by Crippen LogP contribution is 2.46. The molecule has 2 nitrogen and oxygen atoms in total. The standard InChI is InChI=1S/C13H19NO/c1-9-4-7-12(15-3)11(8-9)13(2,14)10-5-6-10/h4,7-8,10H,5-6,14H2,1-3H3. The fraction of sp³-hybridized carbons (Fsp3) is 0.538. The maximum Gasteiger partial charge on any atom is 0.123 e. The van der Waals surface area contributed by atoms with E-state index in [1.165, 1.54) is 18.4 Å². The van der Waals surface area contributed by atoms with E-state index in [0.717, 1.165) is 11.3 Å². The highest BCUT2D eigenvalue weighted by molar-refractivity contribution is 5.42. The molecule has 1 saturated carbocycles. The molecule has 0 amide bonds. The second-order valence-electron chi connectivity index (χ2n) is 4.76. The number of aryl methyl sites for hydroxylation is 1. The van der Waals surface area contributed by atoms with Gasteiger partial charge in [0.25, 0.3) is 0 Å². The van der Waals surface area contributed by atoms with Crippen molar-refractivity contribution in [3.63, 3.8) is 0 Å². The minimum Gasteiger partial charge on any atom is -0.496 e. The van der Waals surface area contributed by atoms with E-state index in [4.69, 9.17) is 10.5 Å². The SMILES string of the molecule is COc1ccc(C)cc1C(C)(N)C1CC1. The number of ether oxygens (including phenoxy) is 1. The van der Waals surface area contributed by atoms with Crippen molar-refractivity contribution in [2.24, 2.45) is 11.7 Å². The topological polar surface area (TPSA) is 35.2 Å². The normalized spacial score (nSPS) is 19.7. The number of methoxy groups -OCH3 is 1. The lowest BCUT2D eigenvalue weighted by Crippen LogP contribution is -2.35. The van der Waals surface area contributed by atoms with Crippen molar-refractivity contribution in [2.75, 3.05) is 7.11 Å². The predicted molar refractivity (Wildman–Crippen MR) is 62.0 cm³/mol. The summed E-state index contributed by atoms with van der Waals surface area (Å²) >= 11 is 0. The first kappa shape index (κ1) is 10.5. The van der Waals surface area contributed by atoms with Gasteiger partial charge in [0.2, 0.25) is 0 Å². The molecular weight excluding hydrogens is 186 g/mol. The van der Waals surface area contributed by atoms with Crippen molar-refractivity contribution in [3.8, 4) is 5.75 Å². The summed E-state index contributed by atoms with van der Waals surface area (Å²) in [4.78, 5) is 0. The molecular formula is C13H19NO. The summed E-state index contributed by atoms with van der Waals surface area (Å²) in [6.45, 7) is 4.20. The zero-order valence-electron chi connectivity index (χ0n) is 9.71. The zero-order chi connectivity index (χ0) is 11.1. The molecule has 1 atom stereocenters. The molecule has 2 heteroatoms. The van der Waals surface area contributed by atoms with E-state index in [-0.39, 0.29) is 5.54 Å². The molecule has 0 bridgehead atoms. The molecule has 0 aliphatic heterocycles. The van der Waals surface area contributed by atoms with Gasteiger partial charge in [-0.25, -0.2) is 0 Å². The van der Waals surface area contributed by atoms with Crippen molar-refractivity contribution in [1.82, 2.24) is 0 Å². The van der Waals surface area contributed by atoms with Crippen molar-refractivity contribution >= 4 is 0 Å². The van der Waals surface area contributed by atoms with Gasteiger partial charge >= 0.3 is 0 Å². The molecule has 1 aromatic rings. The molecule has 0 aromatic heterocycles. The number of benzene rings is 1. The van der Waals surface area contributed by atoms with Crippen molar-refractivity contribution < 1.29 is 4.74 Å². The number of rotatable bonds is 3. The fourth-order valence-corrected chi connectivity index (χ4v) is 2.15. The summed E-state index contributed by atoms with van der Waals surface area (Å²) in [5.41, 5.74) is 8.55. The van der Waals surface area contributed by atoms with Crippen LogP contribution in [0, 0.1) is 12.8 Å². The van der Waals surface area contributed by atoms with Gasteiger partial charge in [-0.15, -0.1) is 0 Å². The van der Waals surface area contributed by atoms with Gasteiger partial charge in [-0.1, -0.05) is 17.7 Å². The fourth-order valence-electron chi connectivity index (χ4n) is 2.15. The Morgan fingerprint density at radius 3 is 2.60 bits per heavy atom. The van der Waals surface area contributed by atoms with E-state index in [1.807, 2.05) is 6.07 Å². The van der Waals surface area contributed by atoms with Crippen LogP contribution < -0.4 is 10.5 Å². The van der Waals surface area contributed by atoms with Crippen molar-refractivity contribution in [3.05, 3.63) is 29.3 Å². The Kier molecular flexibility index (Phi) is 2.47. The number of hydrogen-bond donors (Lipinski definition) is 1. The van der Waals surface area contributed by atoms with Crippen LogP contribution in [0.1, 0.15) is 30.9 Å². The largest absolute Gasteiger partial charge is 0.496 e. The summed E-state index contributed by atoms with van der Waals surface area (Å²) in [7, 11) is 1.71. The Bertz CT molecular complexity index is 367. The van der Waals surface area contributed by atoms with Gasteiger partial charge in [0.15, 0.2) is 0 Å². The van der Waals surface area contributed by atoms with Crippen LogP contribution in [0.5, 0.6) is 5.75 Å². The minimum absolute atomic E-state index is 0.239. The second-order valence-corrected chi connectivity index (χ2v) is 4.76. The summed E-state index contributed by atoms with van der Waals surface area (Å²) in [6, 6.07) is 6.22. The lowest BCUT2D eigenvalue weighted by molar-refractivity contribution is 0.368. The van der Waals surface area contributed by atoms with E-state index in [2.05, 4.69) is 26.0 Å². The molecule has 82 valence electrons. The van der Waals surface area contributed by atoms with Gasteiger partial charge < -0.3 is 10.5 Å². The van der Waals surface area contributed by atoms with E-state index in [1.54, 1.807) is 7.11 Å². The Morgan fingerprint density at radius 2 is 2.07 bits per heavy atom. The van der Waals surface area contributed by atoms with Crippen LogP contribution in [0.3, 0.4) is 0 Å². The Morgan fingerprint density at radius 1 is 1.40 bits per heavy atom. The molecule has 0 radical (unpaired) electrons. The Balaban J connectivity index is 2.44. The molecule has 15 heavy (non-hydrogen) atoms. The van der Waals surface area contributed by atoms with Crippen molar-refractivity contribution in [1.29, 1.82) is 0 Å². The quantitative estimate of drug-likeness (QED) is 0.823. The van der Waals surface area contributed by atoms with Crippen LogP contribution in [0.4, 0.5) is 0 Å². The minimum atomic E-state index is -0.239. The summed E-state index contributed by atoms with van der Waals surface area (Å²) in [5.74, 6) is 1.53. The van der Waals surface area contributed by atoms with Crippen LogP contribution in [0.2, 0.25) is 0 Å². The average Bonchev–Trinajstić information content (AvgIpc) is 3.01. The highest BCUT2D eigenvalue weighted by atomic mass is 16.5. The monoisotopic (exact) mass is 205 g/mol. The lowest BCUT2D eigenvalue weighted by atomic mass is 9.86. The van der Waals surface area contributed by atoms with Gasteiger partial charge in [-0.05, 0) is 38.7 Å². The highest BCUT2D eigenvalue weighted by Gasteiger charge is 2.41. The molecule has 2 N–H and O–H groups in total. The van der Waals surface area contributed by atoms with E-state index >= 15 is 0 Å². The smallest absolute Gasteiger partial charge is 0.123 e. The number of hydrogen-bond acceptors (Lipinski definition) is 2. The maximum absolute atomic E-state index is 6.41. The molecule has 1 unspecified atom stereocenters. The molecule has 2 rings (SSSR count). The molecule has 0 saturated heterocycles. The second kappa shape index (κ2) is 3.53. The average molecular weight is 205 g/mol. The van der Waals surface area contributed by atoms with E-state index < -0.39 is 0 Å². The first-order valence-corrected chi connectivity index (χ1v) is 5.49. The van der Waals surface area contributed by atoms with Crippen LogP contribution in [0.15, 0.2) is 18.2 Å². The van der Waals surface area contributed by atoms with E-state index in [9.17, 15) is 0 Å². The molecule has 1 fully saturated rings. The third kappa shape index (κ3) is 1.86. The van der Waals surface area contributed by atoms with Crippen LogP contribution >= 0.6 is 0 Å². The van der Waals surface area contributed by atoms with Gasteiger partial charge in [-0.2, -0.15) is 0 Å². The molecule has 1 aliphatic rings. The first-order valence-electron chi connectivity index (χ1n) is 5.49. The van der Waals surface area contributed by atoms with Crippen LogP contribution in [-0.2, 0) is 5.54 Å². The van der Waals surface area contributed by atoms with Gasteiger partial charge in [0.1, 0.15) is 5.75 Å². The van der Waals surface area contributed by atoms with Crippen molar-refractivity contribution in [2.45, 2.75) is 32.2 Å². The zero-order valence-corrected chi connectivity index (χ0v) is 9.71. The van der Waals surface area contributed by atoms with E-state index in [0.29, 0.717) is 5.92 Å². The molecule has 0 spiro atoms. The Hall–Kier alpha value is -1.02. The summed E-state index contributed by atoms with van der Waals surface area (Å²) in [6.07, 6.45) is 2.48. The van der Waals surface area contributed by atoms with Crippen LogP contribution in [0.25, 0.3) is 0 Å². The summed E-state index contributed by atoms with van der Waals surface area (Å²) < 4.78 is 5.38. The number of nitrogens with two attached hydrogens (primary N) is 1. The third-order valence-corrected chi connectivity index (χ3v) is 3.36. The Labute approximate surface area is 91.4 Å². The predicted octanol–water partition coefficient (Wildman–Crippen LogP) is 2.59. The van der Waals surface area contributed by atoms with Crippen LogP contribution in [-0.4, -0.2) is 7.11 Å². The third-order valence-electron chi connectivity index (χ3n) is 3.36. The molecule has 1 aromatic carbocycles. The lowest BCUT2D eigenvalue weighted by Gasteiger charge is -2.27. The van der Waals surface area contributed by atoms with Gasteiger partial charge in [0, 0.05) is 11.1 Å². The molecule has 0 heterocycles. The van der Waals surface area contributed by atoms with Gasteiger partial charge in [-0.3, -0.25) is 0 Å². The maximum atomic E-state index is 6.41. The van der Waals surface area contributed by atoms with Gasteiger partial charge in [0.05, 0.1) is 7.11 Å².